The third kappa shape index (κ3) is 2.69. The molecule has 0 fully saturated rings. The summed E-state index contributed by atoms with van der Waals surface area (Å²) in [7, 11) is 0. The van der Waals surface area contributed by atoms with Gasteiger partial charge in [-0.15, -0.1) is 0 Å². The van der Waals surface area contributed by atoms with Gasteiger partial charge in [-0.1, -0.05) is 6.07 Å². The van der Waals surface area contributed by atoms with E-state index in [1.807, 2.05) is 18.2 Å². The van der Waals surface area contributed by atoms with E-state index in [0.29, 0.717) is 18.9 Å². The first-order valence-electron chi connectivity index (χ1n) is 5.28. The molecule has 0 saturated carbocycles. The number of carbonyl (C=O) groups is 2. The lowest BCUT2D eigenvalue weighted by atomic mass is 10.1. The number of aryl methyl sites for hydroxylation is 1. The van der Waals surface area contributed by atoms with Crippen molar-refractivity contribution in [2.45, 2.75) is 13.3 Å². The van der Waals surface area contributed by atoms with E-state index in [4.69, 9.17) is 4.42 Å². The number of aromatic nitrogens is 1. The molecule has 5 nitrogen and oxygen atoms in total. The minimum atomic E-state index is -0.596. The Bertz CT molecular complexity index is 560. The summed E-state index contributed by atoms with van der Waals surface area (Å²) < 4.78 is 5.40. The number of rotatable bonds is 4. The molecule has 5 heteroatoms. The second-order valence-corrected chi connectivity index (χ2v) is 3.69. The maximum atomic E-state index is 10.7. The fourth-order valence-corrected chi connectivity index (χ4v) is 1.61. The largest absolute Gasteiger partial charge is 0.441 e. The fourth-order valence-electron chi connectivity index (χ4n) is 1.61. The number of oxazole rings is 1. The van der Waals surface area contributed by atoms with Crippen LogP contribution in [0.1, 0.15) is 11.5 Å². The maximum absolute atomic E-state index is 10.7. The highest BCUT2D eigenvalue weighted by molar-refractivity contribution is 6.23. The smallest absolute Gasteiger partial charge is 0.284 e. The number of amides is 1. The molecule has 0 aliphatic rings. The monoisotopic (exact) mass is 232 g/mol. The SMILES string of the molecule is Cc1nc2ccc(CCNC(=O)C=O)cc2o1. The van der Waals surface area contributed by atoms with E-state index < -0.39 is 5.91 Å². The van der Waals surface area contributed by atoms with Crippen molar-refractivity contribution in [2.75, 3.05) is 6.54 Å². The number of aldehydes is 1. The highest BCUT2D eigenvalue weighted by Gasteiger charge is 2.03. The predicted octanol–water partition coefficient (Wildman–Crippen LogP) is 0.994. The first kappa shape index (κ1) is 11.3. The van der Waals surface area contributed by atoms with Gasteiger partial charge in [-0.05, 0) is 24.1 Å². The van der Waals surface area contributed by atoms with Crippen molar-refractivity contribution < 1.29 is 14.0 Å². The minimum Gasteiger partial charge on any atom is -0.441 e. The van der Waals surface area contributed by atoms with Crippen LogP contribution in [0.2, 0.25) is 0 Å². The molecule has 1 heterocycles. The van der Waals surface area contributed by atoms with Gasteiger partial charge in [-0.25, -0.2) is 4.98 Å². The van der Waals surface area contributed by atoms with E-state index in [9.17, 15) is 9.59 Å². The Morgan fingerprint density at radius 1 is 1.53 bits per heavy atom. The highest BCUT2D eigenvalue weighted by atomic mass is 16.3. The van der Waals surface area contributed by atoms with Gasteiger partial charge in [0.15, 0.2) is 11.5 Å². The molecular formula is C12H12N2O3. The molecule has 1 N–H and O–H groups in total. The normalized spacial score (nSPS) is 10.4. The lowest BCUT2D eigenvalue weighted by Gasteiger charge is -2.01. The summed E-state index contributed by atoms with van der Waals surface area (Å²) >= 11 is 0. The van der Waals surface area contributed by atoms with Gasteiger partial charge in [0.1, 0.15) is 5.52 Å². The molecule has 2 aromatic rings. The highest BCUT2D eigenvalue weighted by Crippen LogP contribution is 2.16. The average molecular weight is 232 g/mol. The van der Waals surface area contributed by atoms with Gasteiger partial charge < -0.3 is 9.73 Å². The lowest BCUT2D eigenvalue weighted by Crippen LogP contribution is -2.26. The number of nitrogens with zero attached hydrogens (tertiary/aromatic N) is 1. The summed E-state index contributed by atoms with van der Waals surface area (Å²) in [6, 6.07) is 5.70. The molecule has 0 saturated heterocycles. The van der Waals surface area contributed by atoms with Crippen LogP contribution in [0.25, 0.3) is 11.1 Å². The van der Waals surface area contributed by atoms with Crippen molar-refractivity contribution in [1.82, 2.24) is 10.3 Å². The fraction of sp³-hybridized carbons (Fsp3) is 0.250. The molecule has 2 rings (SSSR count). The van der Waals surface area contributed by atoms with Gasteiger partial charge in [0.2, 0.25) is 6.29 Å². The van der Waals surface area contributed by atoms with Gasteiger partial charge in [0.25, 0.3) is 5.91 Å². The molecular weight excluding hydrogens is 220 g/mol. The molecule has 0 atom stereocenters. The number of nitrogens with one attached hydrogen (secondary N) is 1. The van der Waals surface area contributed by atoms with Crippen molar-refractivity contribution in [1.29, 1.82) is 0 Å². The predicted molar refractivity (Wildman–Crippen MR) is 61.5 cm³/mol. The van der Waals surface area contributed by atoms with Crippen LogP contribution in [-0.2, 0) is 16.0 Å². The van der Waals surface area contributed by atoms with Gasteiger partial charge in [-0.3, -0.25) is 9.59 Å². The standard InChI is InChI=1S/C12H12N2O3/c1-8-14-10-3-2-9(6-11(10)17-8)4-5-13-12(16)7-15/h2-3,6-7H,4-5H2,1H3,(H,13,16). The Morgan fingerprint density at radius 2 is 2.35 bits per heavy atom. The van der Waals surface area contributed by atoms with E-state index in [1.54, 1.807) is 6.92 Å². The summed E-state index contributed by atoms with van der Waals surface area (Å²) in [5.41, 5.74) is 2.59. The third-order valence-electron chi connectivity index (χ3n) is 2.38. The van der Waals surface area contributed by atoms with Crippen LogP contribution in [0.4, 0.5) is 0 Å². The van der Waals surface area contributed by atoms with Gasteiger partial charge in [-0.2, -0.15) is 0 Å². The first-order chi connectivity index (χ1) is 8.19. The van der Waals surface area contributed by atoms with Crippen LogP contribution in [0.15, 0.2) is 22.6 Å². The van der Waals surface area contributed by atoms with Crippen LogP contribution in [0, 0.1) is 6.92 Å². The van der Waals surface area contributed by atoms with Crippen molar-refractivity contribution >= 4 is 23.3 Å². The molecule has 17 heavy (non-hydrogen) atoms. The molecule has 0 aliphatic carbocycles. The van der Waals surface area contributed by atoms with E-state index >= 15 is 0 Å². The van der Waals surface area contributed by atoms with Crippen LogP contribution in [0.5, 0.6) is 0 Å². The molecule has 1 amide bonds. The Morgan fingerprint density at radius 3 is 3.12 bits per heavy atom. The minimum absolute atomic E-state index is 0.267. The average Bonchev–Trinajstić information content (AvgIpc) is 2.68. The molecule has 0 radical (unpaired) electrons. The number of hydrogen-bond donors (Lipinski definition) is 1. The topological polar surface area (TPSA) is 72.2 Å². The van der Waals surface area contributed by atoms with Gasteiger partial charge in [0, 0.05) is 13.5 Å². The van der Waals surface area contributed by atoms with E-state index in [0.717, 1.165) is 16.7 Å². The van der Waals surface area contributed by atoms with Crippen LogP contribution >= 0.6 is 0 Å². The quantitative estimate of drug-likeness (QED) is 0.630. The summed E-state index contributed by atoms with van der Waals surface area (Å²) in [4.78, 5) is 25.0. The van der Waals surface area contributed by atoms with Crippen LogP contribution < -0.4 is 5.32 Å². The molecule has 1 aromatic heterocycles. The summed E-state index contributed by atoms with van der Waals surface area (Å²) in [5.74, 6) is 0.0352. The summed E-state index contributed by atoms with van der Waals surface area (Å²) in [5, 5.41) is 2.48. The van der Waals surface area contributed by atoms with Crippen molar-refractivity contribution in [3.8, 4) is 0 Å². The van der Waals surface area contributed by atoms with Crippen LogP contribution in [0.3, 0.4) is 0 Å². The Labute approximate surface area is 97.8 Å². The maximum Gasteiger partial charge on any atom is 0.284 e. The molecule has 0 spiro atoms. The zero-order valence-electron chi connectivity index (χ0n) is 9.40. The Kier molecular flexibility index (Phi) is 3.18. The Hall–Kier alpha value is -2.17. The zero-order valence-corrected chi connectivity index (χ0v) is 9.40. The van der Waals surface area contributed by atoms with E-state index in [2.05, 4.69) is 10.3 Å². The zero-order chi connectivity index (χ0) is 12.3. The summed E-state index contributed by atoms with van der Waals surface area (Å²) in [6.45, 7) is 2.22. The number of fused-ring (bicyclic) bond motifs is 1. The van der Waals surface area contributed by atoms with Crippen LogP contribution in [-0.4, -0.2) is 23.7 Å². The summed E-state index contributed by atoms with van der Waals surface area (Å²) in [6.07, 6.45) is 0.915. The number of hydrogen-bond acceptors (Lipinski definition) is 4. The Balaban J connectivity index is 2.03. The molecule has 0 bridgehead atoms. The molecule has 0 unspecified atom stereocenters. The lowest BCUT2D eigenvalue weighted by molar-refractivity contribution is -0.131. The van der Waals surface area contributed by atoms with Gasteiger partial charge in [0.05, 0.1) is 0 Å². The third-order valence-corrected chi connectivity index (χ3v) is 2.38. The van der Waals surface area contributed by atoms with Crippen molar-refractivity contribution in [3.63, 3.8) is 0 Å². The molecule has 1 aromatic carbocycles. The molecule has 88 valence electrons. The molecule has 0 aliphatic heterocycles. The van der Waals surface area contributed by atoms with Gasteiger partial charge >= 0.3 is 0 Å². The van der Waals surface area contributed by atoms with Crippen molar-refractivity contribution in [3.05, 3.63) is 29.7 Å². The van der Waals surface area contributed by atoms with E-state index in [-0.39, 0.29) is 6.29 Å². The number of carbonyl (C=O) groups excluding carboxylic acids is 2. The van der Waals surface area contributed by atoms with E-state index in [1.165, 1.54) is 0 Å². The first-order valence-corrected chi connectivity index (χ1v) is 5.28. The second kappa shape index (κ2) is 4.78. The number of benzene rings is 1. The van der Waals surface area contributed by atoms with Crippen molar-refractivity contribution in [2.24, 2.45) is 0 Å². The second-order valence-electron chi connectivity index (χ2n) is 3.69.